The minimum atomic E-state index is -2.78. The maximum Gasteiger partial charge on any atom is 0.296 e. The van der Waals surface area contributed by atoms with Crippen LogP contribution in [0.1, 0.15) is 31.5 Å². The molecule has 1 aromatic carbocycles. The van der Waals surface area contributed by atoms with Gasteiger partial charge in [0.15, 0.2) is 11.6 Å². The molecule has 1 saturated carbocycles. The van der Waals surface area contributed by atoms with Crippen molar-refractivity contribution in [2.45, 2.75) is 31.7 Å². The normalized spacial score (nSPS) is 20.5. The Balaban J connectivity index is 1.49. The predicted molar refractivity (Wildman–Crippen MR) is 121 cm³/mol. The van der Waals surface area contributed by atoms with E-state index in [4.69, 9.17) is 9.84 Å². The molecular formula is C23H26F2N6O3. The highest BCUT2D eigenvalue weighted by Crippen LogP contribution is 2.34. The molecule has 5 rings (SSSR count). The third-order valence-electron chi connectivity index (χ3n) is 6.29. The first kappa shape index (κ1) is 22.6. The topological polar surface area (TPSA) is 105 Å². The number of nitrogens with one attached hydrogen (secondary N) is 1. The molecule has 2 aromatic heterocycles. The average molecular weight is 472 g/mol. The number of para-hydroxylation sites is 2. The predicted octanol–water partition coefficient (Wildman–Crippen LogP) is 2.73. The fourth-order valence-electron chi connectivity index (χ4n) is 4.56. The average Bonchev–Trinajstić information content (AvgIpc) is 3.23. The van der Waals surface area contributed by atoms with E-state index in [2.05, 4.69) is 20.3 Å². The Morgan fingerprint density at radius 1 is 1.18 bits per heavy atom. The molecule has 3 aromatic rings. The van der Waals surface area contributed by atoms with Crippen molar-refractivity contribution in [3.8, 4) is 5.82 Å². The third kappa shape index (κ3) is 4.58. The highest BCUT2D eigenvalue weighted by Gasteiger charge is 2.31. The number of morpholine rings is 1. The number of benzene rings is 1. The molecule has 11 heteroatoms. The van der Waals surface area contributed by atoms with Crippen molar-refractivity contribution in [1.82, 2.24) is 19.5 Å². The highest BCUT2D eigenvalue weighted by atomic mass is 19.3. The molecular weight excluding hydrogens is 446 g/mol. The number of carbonyl (C=O) groups is 1. The number of aliphatic hydroxyl groups excluding tert-OH is 1. The lowest BCUT2D eigenvalue weighted by atomic mass is 9.77. The number of imidazole rings is 1. The third-order valence-corrected chi connectivity index (χ3v) is 6.29. The Morgan fingerprint density at radius 3 is 2.68 bits per heavy atom. The molecule has 0 bridgehead atoms. The maximum atomic E-state index is 13.9. The number of halogens is 2. The van der Waals surface area contributed by atoms with E-state index in [1.807, 2.05) is 4.90 Å². The molecule has 0 atom stereocenters. The second-order valence-corrected chi connectivity index (χ2v) is 8.69. The summed E-state index contributed by atoms with van der Waals surface area (Å²) in [6.45, 7) is 1.85. The minimum Gasteiger partial charge on any atom is -0.389 e. The van der Waals surface area contributed by atoms with Gasteiger partial charge in [-0.25, -0.2) is 13.8 Å². The lowest BCUT2D eigenvalue weighted by Crippen LogP contribution is -2.39. The van der Waals surface area contributed by atoms with Crippen molar-refractivity contribution in [2.75, 3.05) is 43.1 Å². The van der Waals surface area contributed by atoms with Crippen LogP contribution < -0.4 is 10.2 Å². The Morgan fingerprint density at radius 2 is 1.94 bits per heavy atom. The van der Waals surface area contributed by atoms with Gasteiger partial charge in [-0.05, 0) is 30.9 Å². The quantitative estimate of drug-likeness (QED) is 0.516. The first-order valence-corrected chi connectivity index (χ1v) is 11.4. The fourth-order valence-corrected chi connectivity index (χ4v) is 4.56. The summed E-state index contributed by atoms with van der Waals surface area (Å²) in [6, 6.07) is 8.74. The molecule has 2 aliphatic rings. The van der Waals surface area contributed by atoms with Gasteiger partial charge in [-0.15, -0.1) is 0 Å². The number of anilines is 2. The van der Waals surface area contributed by atoms with Gasteiger partial charge in [-0.2, -0.15) is 9.97 Å². The van der Waals surface area contributed by atoms with Crippen LogP contribution in [0.5, 0.6) is 0 Å². The molecule has 0 amide bonds. The summed E-state index contributed by atoms with van der Waals surface area (Å²) in [5, 5.41) is 12.3. The second-order valence-electron chi connectivity index (χ2n) is 8.69. The van der Waals surface area contributed by atoms with Crippen LogP contribution in [0.15, 0.2) is 30.3 Å². The molecule has 0 unspecified atom stereocenters. The molecule has 2 fully saturated rings. The molecule has 3 heterocycles. The molecule has 9 nitrogen and oxygen atoms in total. The van der Waals surface area contributed by atoms with E-state index >= 15 is 0 Å². The van der Waals surface area contributed by atoms with Crippen LogP contribution in [0.25, 0.3) is 16.9 Å². The molecule has 1 saturated heterocycles. The number of aliphatic hydroxyl groups is 1. The summed E-state index contributed by atoms with van der Waals surface area (Å²) in [5.74, 6) is 0.975. The Bertz CT molecular complexity index is 1170. The molecule has 0 radical (unpaired) electrons. The summed E-state index contributed by atoms with van der Waals surface area (Å²) < 4.78 is 34.7. The van der Waals surface area contributed by atoms with E-state index in [1.54, 1.807) is 30.3 Å². The van der Waals surface area contributed by atoms with Crippen molar-refractivity contribution in [1.29, 1.82) is 0 Å². The second kappa shape index (κ2) is 9.59. The number of aromatic nitrogens is 4. The van der Waals surface area contributed by atoms with Gasteiger partial charge in [0.05, 0.1) is 24.2 Å². The van der Waals surface area contributed by atoms with Gasteiger partial charge < -0.3 is 20.1 Å². The standard InChI is InChI=1S/C23H26F2N6O3/c24-21(25)22-27-17-3-1-2-4-18(17)31(22)20-12-19(26-15-9-14(10-15)11-16(33)13-32)28-23(29-20)30-5-7-34-8-6-30/h1-4,12,14-15,21,32H,5-11,13H2,(H,26,28,29). The number of fused-ring (bicyclic) bond motifs is 1. The van der Waals surface area contributed by atoms with Gasteiger partial charge in [0.1, 0.15) is 18.2 Å². The number of ketones is 1. The van der Waals surface area contributed by atoms with Gasteiger partial charge in [-0.1, -0.05) is 12.1 Å². The van der Waals surface area contributed by atoms with Crippen molar-refractivity contribution < 1.29 is 23.4 Å². The zero-order valence-electron chi connectivity index (χ0n) is 18.5. The van der Waals surface area contributed by atoms with Gasteiger partial charge in [-0.3, -0.25) is 9.36 Å². The van der Waals surface area contributed by atoms with Crippen LogP contribution in [0.2, 0.25) is 0 Å². The molecule has 0 spiro atoms. The van der Waals surface area contributed by atoms with Crippen LogP contribution in [0, 0.1) is 5.92 Å². The van der Waals surface area contributed by atoms with Gasteiger partial charge in [0.25, 0.3) is 6.43 Å². The number of rotatable bonds is 8. The summed E-state index contributed by atoms with van der Waals surface area (Å²) in [7, 11) is 0. The van der Waals surface area contributed by atoms with E-state index in [-0.39, 0.29) is 23.6 Å². The summed E-state index contributed by atoms with van der Waals surface area (Å²) in [4.78, 5) is 26.9. The zero-order chi connectivity index (χ0) is 23.7. The smallest absolute Gasteiger partial charge is 0.296 e. The Kier molecular flexibility index (Phi) is 6.38. The van der Waals surface area contributed by atoms with E-state index in [1.165, 1.54) is 4.57 Å². The minimum absolute atomic E-state index is 0.103. The fraction of sp³-hybridized carbons (Fsp3) is 0.478. The molecule has 1 aliphatic heterocycles. The number of hydrogen-bond acceptors (Lipinski definition) is 8. The van der Waals surface area contributed by atoms with Crippen LogP contribution in [-0.2, 0) is 9.53 Å². The van der Waals surface area contributed by atoms with E-state index in [9.17, 15) is 13.6 Å². The van der Waals surface area contributed by atoms with Crippen molar-refractivity contribution in [3.05, 3.63) is 36.2 Å². The first-order valence-electron chi connectivity index (χ1n) is 11.4. The molecule has 1 aliphatic carbocycles. The van der Waals surface area contributed by atoms with E-state index < -0.39 is 13.0 Å². The zero-order valence-corrected chi connectivity index (χ0v) is 18.5. The van der Waals surface area contributed by atoms with Gasteiger partial charge in [0.2, 0.25) is 5.95 Å². The SMILES string of the molecule is O=C(CO)CC1CC(Nc2cc(-n3c(C(F)F)nc4ccccc43)nc(N3CCOCC3)n2)C1. The van der Waals surface area contributed by atoms with Crippen molar-refractivity contribution >= 4 is 28.6 Å². The lowest BCUT2D eigenvalue weighted by Gasteiger charge is -2.36. The van der Waals surface area contributed by atoms with E-state index in [0.29, 0.717) is 61.3 Å². The first-order chi connectivity index (χ1) is 16.5. The number of ether oxygens (including phenoxy) is 1. The van der Waals surface area contributed by atoms with Crippen molar-refractivity contribution in [3.63, 3.8) is 0 Å². The Labute approximate surface area is 194 Å². The summed E-state index contributed by atoms with van der Waals surface area (Å²) in [6.07, 6.45) is -0.869. The van der Waals surface area contributed by atoms with Gasteiger partial charge in [0, 0.05) is 31.6 Å². The number of nitrogens with zero attached hydrogens (tertiary/aromatic N) is 5. The lowest BCUT2D eigenvalue weighted by molar-refractivity contribution is -0.123. The van der Waals surface area contributed by atoms with Crippen LogP contribution in [0.3, 0.4) is 0 Å². The number of alkyl halides is 2. The van der Waals surface area contributed by atoms with Crippen LogP contribution in [0.4, 0.5) is 20.5 Å². The molecule has 34 heavy (non-hydrogen) atoms. The monoisotopic (exact) mass is 472 g/mol. The number of Topliss-reactive ketones (excluding diaryl/α,β-unsaturated/α-hetero) is 1. The Hall–Kier alpha value is -3.18. The molecule has 2 N–H and O–H groups in total. The number of carbonyl (C=O) groups excluding carboxylic acids is 1. The number of hydrogen-bond donors (Lipinski definition) is 2. The summed E-state index contributed by atoms with van der Waals surface area (Å²) >= 11 is 0. The molecule has 180 valence electrons. The van der Waals surface area contributed by atoms with Crippen molar-refractivity contribution in [2.24, 2.45) is 5.92 Å². The highest BCUT2D eigenvalue weighted by molar-refractivity contribution is 5.80. The largest absolute Gasteiger partial charge is 0.389 e. The van der Waals surface area contributed by atoms with Gasteiger partial charge >= 0.3 is 0 Å². The summed E-state index contributed by atoms with van der Waals surface area (Å²) in [5.41, 5.74) is 1.01. The van der Waals surface area contributed by atoms with Crippen LogP contribution >= 0.6 is 0 Å². The van der Waals surface area contributed by atoms with Crippen LogP contribution in [-0.4, -0.2) is 69.4 Å². The van der Waals surface area contributed by atoms with E-state index in [0.717, 1.165) is 12.8 Å². The maximum absolute atomic E-state index is 13.9.